The van der Waals surface area contributed by atoms with Crippen LogP contribution in [0.4, 0.5) is 0 Å². The van der Waals surface area contributed by atoms with Crippen LogP contribution in [0, 0.1) is 0 Å². The lowest BCUT2D eigenvalue weighted by Gasteiger charge is -2.13. The van der Waals surface area contributed by atoms with Gasteiger partial charge < -0.3 is 4.74 Å². The molecule has 0 aromatic carbocycles. The molecule has 0 aliphatic heterocycles. The van der Waals surface area contributed by atoms with Gasteiger partial charge in [0.2, 0.25) is 0 Å². The maximum atomic E-state index is 12.1. The number of hydrogen-bond acceptors (Lipinski definition) is 5. The molecular formula is C17H19N5O2. The number of nitrogens with one attached hydrogen (secondary N) is 1. The van der Waals surface area contributed by atoms with Gasteiger partial charge in [-0.1, -0.05) is 25.7 Å². The Balaban J connectivity index is 1.56. The topological polar surface area (TPSA) is 85.7 Å². The summed E-state index contributed by atoms with van der Waals surface area (Å²) in [6, 6.07) is 2.22. The first-order valence-corrected chi connectivity index (χ1v) is 8.36. The van der Waals surface area contributed by atoms with E-state index in [2.05, 4.69) is 20.1 Å². The molecule has 24 heavy (non-hydrogen) atoms. The molecule has 1 saturated carbocycles. The molecule has 0 amide bonds. The third-order valence-electron chi connectivity index (χ3n) is 4.48. The summed E-state index contributed by atoms with van der Waals surface area (Å²) in [5, 5.41) is 4.91. The van der Waals surface area contributed by atoms with Crippen molar-refractivity contribution in [2.45, 2.75) is 44.6 Å². The predicted octanol–water partition coefficient (Wildman–Crippen LogP) is 3.20. The average molecular weight is 325 g/mol. The van der Waals surface area contributed by atoms with Crippen molar-refractivity contribution in [2.24, 2.45) is 0 Å². The summed E-state index contributed by atoms with van der Waals surface area (Å²) in [6.45, 7) is 0. The summed E-state index contributed by atoms with van der Waals surface area (Å²) in [4.78, 5) is 23.0. The van der Waals surface area contributed by atoms with E-state index in [9.17, 15) is 4.79 Å². The van der Waals surface area contributed by atoms with E-state index in [1.165, 1.54) is 25.7 Å². The minimum absolute atomic E-state index is 0.154. The Morgan fingerprint density at radius 3 is 2.83 bits per heavy atom. The molecule has 3 heterocycles. The number of fused-ring (bicyclic) bond motifs is 1. The smallest absolute Gasteiger partial charge is 0.302 e. The van der Waals surface area contributed by atoms with E-state index in [4.69, 9.17) is 4.74 Å². The van der Waals surface area contributed by atoms with E-state index in [1.54, 1.807) is 24.7 Å². The molecule has 7 heteroatoms. The van der Waals surface area contributed by atoms with Gasteiger partial charge in [-0.25, -0.2) is 0 Å². The molecule has 0 spiro atoms. The molecule has 1 N–H and O–H groups in total. The molecule has 0 radical (unpaired) electrons. The summed E-state index contributed by atoms with van der Waals surface area (Å²) in [6.07, 6.45) is 14.1. The van der Waals surface area contributed by atoms with Crippen molar-refractivity contribution in [2.75, 3.05) is 0 Å². The van der Waals surface area contributed by atoms with Crippen molar-refractivity contribution in [1.29, 1.82) is 0 Å². The van der Waals surface area contributed by atoms with Crippen LogP contribution < -0.4 is 10.3 Å². The Labute approximate surface area is 138 Å². The maximum Gasteiger partial charge on any atom is 0.302 e. The normalized spacial score (nSPS) is 16.2. The largest absolute Gasteiger partial charge is 0.422 e. The highest BCUT2D eigenvalue weighted by atomic mass is 16.5. The first-order chi connectivity index (χ1) is 11.8. The van der Waals surface area contributed by atoms with Gasteiger partial charge in [-0.2, -0.15) is 10.1 Å². The molecule has 7 nitrogen and oxygen atoms in total. The molecule has 0 bridgehead atoms. The number of H-pyrrole nitrogens is 1. The second-order valence-electron chi connectivity index (χ2n) is 6.17. The molecule has 0 saturated heterocycles. The van der Waals surface area contributed by atoms with Gasteiger partial charge in [0, 0.05) is 6.20 Å². The first-order valence-electron chi connectivity index (χ1n) is 8.36. The summed E-state index contributed by atoms with van der Waals surface area (Å²) >= 11 is 0. The van der Waals surface area contributed by atoms with Crippen LogP contribution in [0.1, 0.15) is 44.6 Å². The van der Waals surface area contributed by atoms with E-state index in [0.717, 1.165) is 12.8 Å². The fourth-order valence-electron chi connectivity index (χ4n) is 3.22. The van der Waals surface area contributed by atoms with Crippen LogP contribution in [0.3, 0.4) is 0 Å². The van der Waals surface area contributed by atoms with Gasteiger partial charge in [-0.15, -0.1) is 0 Å². The van der Waals surface area contributed by atoms with Gasteiger partial charge in [-0.3, -0.25) is 19.4 Å². The number of aromatic amines is 1. The molecule has 3 aromatic heterocycles. The highest BCUT2D eigenvalue weighted by molar-refractivity contribution is 5.76. The van der Waals surface area contributed by atoms with Gasteiger partial charge in [0.1, 0.15) is 0 Å². The van der Waals surface area contributed by atoms with Crippen LogP contribution in [0.2, 0.25) is 0 Å². The van der Waals surface area contributed by atoms with Gasteiger partial charge in [0.15, 0.2) is 5.75 Å². The monoisotopic (exact) mass is 325 g/mol. The number of hydrogen-bond donors (Lipinski definition) is 1. The fourth-order valence-corrected chi connectivity index (χ4v) is 3.22. The quantitative estimate of drug-likeness (QED) is 0.747. The van der Waals surface area contributed by atoms with Gasteiger partial charge in [-0.05, 0) is 18.9 Å². The SMILES string of the molecule is O=c1[nH]c(Oc2cnn(C3CCCCCC3)c2)nc2cnccc12. The summed E-state index contributed by atoms with van der Waals surface area (Å²) in [5.74, 6) is 0.575. The zero-order valence-electron chi connectivity index (χ0n) is 13.3. The molecule has 0 unspecified atom stereocenters. The second kappa shape index (κ2) is 6.43. The van der Waals surface area contributed by atoms with Gasteiger partial charge >= 0.3 is 6.01 Å². The minimum atomic E-state index is -0.242. The molecule has 3 aromatic rings. The minimum Gasteiger partial charge on any atom is -0.422 e. The van der Waals surface area contributed by atoms with E-state index < -0.39 is 0 Å². The summed E-state index contributed by atoms with van der Waals surface area (Å²) in [7, 11) is 0. The molecule has 1 aliphatic carbocycles. The lowest BCUT2D eigenvalue weighted by Crippen LogP contribution is -2.09. The van der Waals surface area contributed by atoms with E-state index in [-0.39, 0.29) is 11.6 Å². The van der Waals surface area contributed by atoms with Crippen molar-refractivity contribution >= 4 is 10.9 Å². The van der Waals surface area contributed by atoms with Crippen LogP contribution in [-0.2, 0) is 0 Å². The maximum absolute atomic E-state index is 12.1. The Bertz CT molecular complexity index is 893. The van der Waals surface area contributed by atoms with Crippen LogP contribution in [0.15, 0.2) is 35.6 Å². The molecule has 1 fully saturated rings. The van der Waals surface area contributed by atoms with E-state index in [0.29, 0.717) is 22.7 Å². The predicted molar refractivity (Wildman–Crippen MR) is 89.2 cm³/mol. The number of pyridine rings is 1. The van der Waals surface area contributed by atoms with Crippen LogP contribution in [0.5, 0.6) is 11.8 Å². The van der Waals surface area contributed by atoms with Crippen LogP contribution in [-0.4, -0.2) is 24.7 Å². The highest BCUT2D eigenvalue weighted by Gasteiger charge is 2.16. The molecule has 0 atom stereocenters. The Kier molecular flexibility index (Phi) is 3.98. The number of rotatable bonds is 3. The van der Waals surface area contributed by atoms with Crippen molar-refractivity contribution < 1.29 is 4.74 Å². The average Bonchev–Trinajstić information content (AvgIpc) is 2.88. The zero-order chi connectivity index (χ0) is 16.4. The Morgan fingerprint density at radius 2 is 2.00 bits per heavy atom. The van der Waals surface area contributed by atoms with E-state index >= 15 is 0 Å². The van der Waals surface area contributed by atoms with Crippen molar-refractivity contribution in [3.8, 4) is 11.8 Å². The summed E-state index contributed by atoms with van der Waals surface area (Å²) in [5.41, 5.74) is 0.265. The molecular weight excluding hydrogens is 306 g/mol. The first kappa shape index (κ1) is 14.9. The van der Waals surface area contributed by atoms with Crippen molar-refractivity contribution in [3.05, 3.63) is 41.2 Å². The fraction of sp³-hybridized carbons (Fsp3) is 0.412. The third-order valence-corrected chi connectivity index (χ3v) is 4.48. The van der Waals surface area contributed by atoms with Crippen LogP contribution >= 0.6 is 0 Å². The number of ether oxygens (including phenoxy) is 1. The number of aromatic nitrogens is 5. The third kappa shape index (κ3) is 3.02. The zero-order valence-corrected chi connectivity index (χ0v) is 13.3. The van der Waals surface area contributed by atoms with E-state index in [1.807, 2.05) is 10.9 Å². The lowest BCUT2D eigenvalue weighted by atomic mass is 10.1. The van der Waals surface area contributed by atoms with Gasteiger partial charge in [0.05, 0.1) is 35.5 Å². The molecule has 124 valence electrons. The van der Waals surface area contributed by atoms with Crippen molar-refractivity contribution in [3.63, 3.8) is 0 Å². The number of nitrogens with zero attached hydrogens (tertiary/aromatic N) is 4. The van der Waals surface area contributed by atoms with Gasteiger partial charge in [0.25, 0.3) is 5.56 Å². The Morgan fingerprint density at radius 1 is 1.17 bits per heavy atom. The standard InChI is InChI=1S/C17H19N5O2/c23-16-14-7-8-18-10-15(14)20-17(21-16)24-13-9-19-22(11-13)12-5-3-1-2-4-6-12/h7-12H,1-6H2,(H,20,21,23). The Hall–Kier alpha value is -2.70. The summed E-state index contributed by atoms with van der Waals surface area (Å²) < 4.78 is 7.67. The second-order valence-corrected chi connectivity index (χ2v) is 6.17. The highest BCUT2D eigenvalue weighted by Crippen LogP contribution is 2.28. The molecule has 1 aliphatic rings. The molecule has 4 rings (SSSR count). The van der Waals surface area contributed by atoms with Crippen molar-refractivity contribution in [1.82, 2.24) is 24.7 Å². The van der Waals surface area contributed by atoms with Crippen LogP contribution in [0.25, 0.3) is 10.9 Å². The lowest BCUT2D eigenvalue weighted by molar-refractivity contribution is 0.400.